The Balaban J connectivity index is 1.41. The van der Waals surface area contributed by atoms with Gasteiger partial charge in [0.15, 0.2) is 0 Å². The van der Waals surface area contributed by atoms with E-state index in [-0.39, 0.29) is 0 Å². The zero-order valence-electron chi connectivity index (χ0n) is 19.4. The SMILES string of the molecule is CC(OC(=O)Nc1cc(Cl)sc1-c1cccnc1-c1ccc(C2(C(=O)O)CC2)cc1)c1ccccc1. The molecule has 0 saturated heterocycles. The molecule has 2 aromatic carbocycles. The van der Waals surface area contributed by atoms with E-state index in [0.717, 1.165) is 27.1 Å². The maximum absolute atomic E-state index is 12.7. The largest absolute Gasteiger partial charge is 0.481 e. The van der Waals surface area contributed by atoms with Gasteiger partial charge in [-0.15, -0.1) is 11.3 Å². The molecule has 2 heterocycles. The highest BCUT2D eigenvalue weighted by Crippen LogP contribution is 2.49. The third kappa shape index (κ3) is 4.72. The van der Waals surface area contributed by atoms with E-state index < -0.39 is 23.6 Å². The van der Waals surface area contributed by atoms with E-state index in [0.29, 0.717) is 28.6 Å². The van der Waals surface area contributed by atoms with Gasteiger partial charge in [-0.3, -0.25) is 15.1 Å². The first kappa shape index (κ1) is 24.0. The predicted octanol–water partition coefficient (Wildman–Crippen LogP) is 7.56. The number of pyridine rings is 1. The molecule has 0 radical (unpaired) electrons. The topological polar surface area (TPSA) is 88.5 Å². The minimum absolute atomic E-state index is 0.420. The van der Waals surface area contributed by atoms with E-state index in [9.17, 15) is 14.7 Å². The Labute approximate surface area is 217 Å². The van der Waals surface area contributed by atoms with Gasteiger partial charge in [0.05, 0.1) is 26.0 Å². The number of nitrogens with one attached hydrogen (secondary N) is 1. The number of ether oxygens (including phenoxy) is 1. The van der Waals surface area contributed by atoms with Gasteiger partial charge in [-0.05, 0) is 49.1 Å². The molecule has 1 aliphatic rings. The second-order valence-corrected chi connectivity index (χ2v) is 10.4. The number of rotatable bonds is 7. The molecule has 8 heteroatoms. The maximum Gasteiger partial charge on any atom is 0.412 e. The fourth-order valence-electron chi connectivity index (χ4n) is 4.26. The fraction of sp³-hybridized carbons (Fsp3) is 0.179. The molecule has 0 bridgehead atoms. The molecule has 1 unspecified atom stereocenters. The highest BCUT2D eigenvalue weighted by molar-refractivity contribution is 7.20. The molecule has 2 N–H and O–H groups in total. The third-order valence-electron chi connectivity index (χ3n) is 6.41. The molecule has 1 saturated carbocycles. The van der Waals surface area contributed by atoms with Gasteiger partial charge in [0.2, 0.25) is 0 Å². The number of anilines is 1. The van der Waals surface area contributed by atoms with Gasteiger partial charge < -0.3 is 9.84 Å². The summed E-state index contributed by atoms with van der Waals surface area (Å²) in [5.74, 6) is -0.786. The number of carboxylic acids is 1. The number of thiophene rings is 1. The van der Waals surface area contributed by atoms with Crippen molar-refractivity contribution in [3.8, 4) is 21.7 Å². The number of carbonyl (C=O) groups is 2. The number of halogens is 1. The summed E-state index contributed by atoms with van der Waals surface area (Å²) in [6.07, 6.45) is 2.00. The van der Waals surface area contributed by atoms with Crippen LogP contribution in [0.4, 0.5) is 10.5 Å². The van der Waals surface area contributed by atoms with E-state index in [4.69, 9.17) is 16.3 Å². The monoisotopic (exact) mass is 518 g/mol. The molecule has 1 aliphatic carbocycles. The number of amides is 1. The molecule has 36 heavy (non-hydrogen) atoms. The summed E-state index contributed by atoms with van der Waals surface area (Å²) in [6.45, 7) is 1.81. The Hall–Kier alpha value is -3.68. The highest BCUT2D eigenvalue weighted by Gasteiger charge is 2.51. The number of hydrogen-bond acceptors (Lipinski definition) is 5. The standard InChI is InChI=1S/C28H23ClN2O4S/c1-17(18-6-3-2-4-7-18)35-27(34)31-22-16-23(29)36-25(22)21-8-5-15-30-24(21)19-9-11-20(12-10-19)28(13-14-28)26(32)33/h2-12,15-17H,13-14H2,1H3,(H,31,34)(H,32,33). The second kappa shape index (κ2) is 9.76. The molecular formula is C28H23ClN2O4S. The fourth-order valence-corrected chi connectivity index (χ4v) is 5.47. The van der Waals surface area contributed by atoms with Gasteiger partial charge in [0.1, 0.15) is 6.10 Å². The summed E-state index contributed by atoms with van der Waals surface area (Å²) in [6, 6.07) is 22.4. The van der Waals surface area contributed by atoms with Crippen LogP contribution in [0.1, 0.15) is 37.0 Å². The van der Waals surface area contributed by atoms with Crippen LogP contribution in [-0.2, 0) is 14.9 Å². The smallest absolute Gasteiger partial charge is 0.412 e. The zero-order chi connectivity index (χ0) is 25.3. The molecule has 4 aromatic rings. The third-order valence-corrected chi connectivity index (χ3v) is 7.71. The molecule has 6 nitrogen and oxygen atoms in total. The lowest BCUT2D eigenvalue weighted by Gasteiger charge is -2.15. The molecular weight excluding hydrogens is 496 g/mol. The highest BCUT2D eigenvalue weighted by atomic mass is 35.5. The quantitative estimate of drug-likeness (QED) is 0.263. The Morgan fingerprint density at radius 2 is 1.81 bits per heavy atom. The van der Waals surface area contributed by atoms with Crippen molar-refractivity contribution in [2.45, 2.75) is 31.3 Å². The number of carboxylic acid groups (broad SMARTS) is 1. The molecule has 1 fully saturated rings. The Kier molecular flexibility index (Phi) is 6.51. The summed E-state index contributed by atoms with van der Waals surface area (Å²) in [5.41, 5.74) is 3.80. The first-order valence-corrected chi connectivity index (χ1v) is 12.7. The van der Waals surface area contributed by atoms with Crippen LogP contribution in [0.25, 0.3) is 21.7 Å². The van der Waals surface area contributed by atoms with E-state index in [2.05, 4.69) is 10.3 Å². The molecule has 182 valence electrons. The van der Waals surface area contributed by atoms with Crippen LogP contribution in [0.3, 0.4) is 0 Å². The van der Waals surface area contributed by atoms with E-state index in [1.165, 1.54) is 11.3 Å². The van der Waals surface area contributed by atoms with Crippen molar-refractivity contribution in [2.24, 2.45) is 0 Å². The van der Waals surface area contributed by atoms with Crippen molar-refractivity contribution < 1.29 is 19.4 Å². The Bertz CT molecular complexity index is 1420. The Morgan fingerprint density at radius 1 is 1.08 bits per heavy atom. The van der Waals surface area contributed by atoms with Crippen molar-refractivity contribution in [1.82, 2.24) is 4.98 Å². The molecule has 0 spiro atoms. The van der Waals surface area contributed by atoms with Gasteiger partial charge in [-0.1, -0.05) is 66.2 Å². The van der Waals surface area contributed by atoms with Gasteiger partial charge in [0, 0.05) is 17.3 Å². The molecule has 2 aromatic heterocycles. The first-order chi connectivity index (χ1) is 17.4. The maximum atomic E-state index is 12.7. The van der Waals surface area contributed by atoms with E-state index >= 15 is 0 Å². The van der Waals surface area contributed by atoms with Crippen LogP contribution in [0.15, 0.2) is 79.0 Å². The first-order valence-electron chi connectivity index (χ1n) is 11.5. The zero-order valence-corrected chi connectivity index (χ0v) is 21.0. The molecule has 1 atom stereocenters. The van der Waals surface area contributed by atoms with Crippen LogP contribution in [0, 0.1) is 0 Å². The Morgan fingerprint density at radius 3 is 2.47 bits per heavy atom. The van der Waals surface area contributed by atoms with E-state index in [1.54, 1.807) is 12.3 Å². The lowest BCUT2D eigenvalue weighted by Crippen LogP contribution is -2.19. The van der Waals surface area contributed by atoms with Gasteiger partial charge in [-0.2, -0.15) is 0 Å². The molecule has 5 rings (SSSR count). The number of aliphatic carboxylic acids is 1. The second-order valence-electron chi connectivity index (χ2n) is 8.74. The number of carbonyl (C=O) groups excluding carboxylic acids is 1. The van der Waals surface area contributed by atoms with Gasteiger partial charge in [0.25, 0.3) is 0 Å². The van der Waals surface area contributed by atoms with Crippen molar-refractivity contribution in [1.29, 1.82) is 0 Å². The number of nitrogens with zero attached hydrogens (tertiary/aromatic N) is 1. The van der Waals surface area contributed by atoms with Crippen LogP contribution >= 0.6 is 22.9 Å². The van der Waals surface area contributed by atoms with Crippen molar-refractivity contribution in [3.63, 3.8) is 0 Å². The van der Waals surface area contributed by atoms with Crippen LogP contribution in [-0.4, -0.2) is 22.2 Å². The van der Waals surface area contributed by atoms with Crippen LogP contribution in [0.5, 0.6) is 0 Å². The summed E-state index contributed by atoms with van der Waals surface area (Å²) in [7, 11) is 0. The predicted molar refractivity (Wildman–Crippen MR) is 142 cm³/mol. The minimum Gasteiger partial charge on any atom is -0.481 e. The minimum atomic E-state index is -0.786. The van der Waals surface area contributed by atoms with Crippen LogP contribution in [0.2, 0.25) is 4.34 Å². The van der Waals surface area contributed by atoms with E-state index in [1.807, 2.05) is 73.7 Å². The summed E-state index contributed by atoms with van der Waals surface area (Å²) < 4.78 is 6.09. The lowest BCUT2D eigenvalue weighted by atomic mass is 9.94. The normalized spacial score (nSPS) is 14.6. The number of hydrogen-bond donors (Lipinski definition) is 2. The van der Waals surface area contributed by atoms with Gasteiger partial charge in [-0.25, -0.2) is 4.79 Å². The molecule has 0 aliphatic heterocycles. The summed E-state index contributed by atoms with van der Waals surface area (Å²) in [5, 5.41) is 12.4. The van der Waals surface area contributed by atoms with Crippen molar-refractivity contribution in [3.05, 3.63) is 94.5 Å². The van der Waals surface area contributed by atoms with Gasteiger partial charge >= 0.3 is 12.1 Å². The van der Waals surface area contributed by atoms with Crippen molar-refractivity contribution in [2.75, 3.05) is 5.32 Å². The van der Waals surface area contributed by atoms with Crippen LogP contribution < -0.4 is 5.32 Å². The van der Waals surface area contributed by atoms with Crippen molar-refractivity contribution >= 4 is 40.7 Å². The number of benzene rings is 2. The average molecular weight is 519 g/mol. The lowest BCUT2D eigenvalue weighted by molar-refractivity contribution is -0.140. The molecule has 1 amide bonds. The number of aromatic nitrogens is 1. The summed E-state index contributed by atoms with van der Waals surface area (Å²) >= 11 is 7.69. The summed E-state index contributed by atoms with van der Waals surface area (Å²) in [4.78, 5) is 29.7. The average Bonchev–Trinajstić information content (AvgIpc) is 3.63.